The van der Waals surface area contributed by atoms with E-state index in [2.05, 4.69) is 19.2 Å². The largest absolute Gasteiger partial charge is 0.103 e. The molecule has 1 aliphatic rings. The Kier molecular flexibility index (Phi) is 4.13. The summed E-state index contributed by atoms with van der Waals surface area (Å²) in [6, 6.07) is 0. The van der Waals surface area contributed by atoms with Crippen molar-refractivity contribution in [3.8, 4) is 0 Å². The second-order valence-electron chi connectivity index (χ2n) is 3.88. The molecule has 1 saturated carbocycles. The predicted molar refractivity (Wildman–Crippen MR) is 55.1 cm³/mol. The lowest BCUT2D eigenvalue weighted by atomic mass is 9.80. The molecule has 0 aliphatic heterocycles. The minimum atomic E-state index is 0.810. The molecule has 12 heavy (non-hydrogen) atoms. The van der Waals surface area contributed by atoms with Gasteiger partial charge in [-0.25, -0.2) is 0 Å². The molecule has 0 aromatic rings. The zero-order valence-electron chi connectivity index (χ0n) is 7.97. The van der Waals surface area contributed by atoms with Crippen LogP contribution in [0.3, 0.4) is 0 Å². The Balaban J connectivity index is 2.16. The van der Waals surface area contributed by atoms with Crippen LogP contribution in [0, 0.1) is 11.8 Å². The van der Waals surface area contributed by atoms with Gasteiger partial charge in [-0.2, -0.15) is 0 Å². The average Bonchev–Trinajstić information content (AvgIpc) is 2.15. The van der Waals surface area contributed by atoms with E-state index < -0.39 is 0 Å². The fraction of sp³-hybridized carbons (Fsp3) is 0.667. The normalized spacial score (nSPS) is 29.7. The Morgan fingerprint density at radius 3 is 2.25 bits per heavy atom. The third kappa shape index (κ3) is 2.84. The molecule has 0 N–H and O–H groups in total. The van der Waals surface area contributed by atoms with Gasteiger partial charge in [-0.1, -0.05) is 12.2 Å². The molecule has 0 aromatic carbocycles. The van der Waals surface area contributed by atoms with Crippen LogP contribution in [0.1, 0.15) is 38.5 Å². The van der Waals surface area contributed by atoms with E-state index in [1.54, 1.807) is 0 Å². The van der Waals surface area contributed by atoms with Crippen LogP contribution in [-0.2, 0) is 0 Å². The highest BCUT2D eigenvalue weighted by Crippen LogP contribution is 2.31. The third-order valence-corrected chi connectivity index (χ3v) is 3.00. The van der Waals surface area contributed by atoms with Crippen molar-refractivity contribution < 1.29 is 0 Å². The SMILES string of the molecule is C=CCCC1CCC(C=C)CC1. The molecule has 1 aliphatic carbocycles. The Labute approximate surface area is 76.4 Å². The van der Waals surface area contributed by atoms with Crippen molar-refractivity contribution in [2.75, 3.05) is 0 Å². The van der Waals surface area contributed by atoms with Gasteiger partial charge < -0.3 is 0 Å². The summed E-state index contributed by atoms with van der Waals surface area (Å²) in [6.45, 7) is 7.62. The summed E-state index contributed by atoms with van der Waals surface area (Å²) in [5.74, 6) is 1.78. The van der Waals surface area contributed by atoms with Crippen LogP contribution in [0.25, 0.3) is 0 Å². The van der Waals surface area contributed by atoms with Gasteiger partial charge in [-0.05, 0) is 50.4 Å². The lowest BCUT2D eigenvalue weighted by Crippen LogP contribution is -2.12. The molecular formula is C12H20. The lowest BCUT2D eigenvalue weighted by Gasteiger charge is -2.26. The van der Waals surface area contributed by atoms with Crippen molar-refractivity contribution in [3.63, 3.8) is 0 Å². The molecule has 0 aromatic heterocycles. The van der Waals surface area contributed by atoms with E-state index >= 15 is 0 Å². The quantitative estimate of drug-likeness (QED) is 0.552. The molecule has 0 nitrogen and oxygen atoms in total. The standard InChI is InChI=1S/C12H20/c1-3-5-6-12-9-7-11(4-2)8-10-12/h3-4,11-12H,1-2,5-10H2. The Morgan fingerprint density at radius 2 is 1.75 bits per heavy atom. The molecule has 0 atom stereocenters. The third-order valence-electron chi connectivity index (χ3n) is 3.00. The van der Waals surface area contributed by atoms with Crippen LogP contribution in [0.15, 0.2) is 25.3 Å². The Hall–Kier alpha value is -0.520. The molecule has 68 valence electrons. The maximum Gasteiger partial charge on any atom is -0.0236 e. The van der Waals surface area contributed by atoms with Crippen LogP contribution < -0.4 is 0 Å². The van der Waals surface area contributed by atoms with Crippen LogP contribution >= 0.6 is 0 Å². The first-order valence-electron chi connectivity index (χ1n) is 5.10. The minimum absolute atomic E-state index is 0.810. The Bertz CT molecular complexity index is 138. The monoisotopic (exact) mass is 164 g/mol. The number of hydrogen-bond donors (Lipinski definition) is 0. The first kappa shape index (κ1) is 9.57. The van der Waals surface area contributed by atoms with Gasteiger partial charge >= 0.3 is 0 Å². The van der Waals surface area contributed by atoms with Gasteiger partial charge in [0.15, 0.2) is 0 Å². The van der Waals surface area contributed by atoms with Gasteiger partial charge in [0.05, 0.1) is 0 Å². The lowest BCUT2D eigenvalue weighted by molar-refractivity contribution is 0.298. The minimum Gasteiger partial charge on any atom is -0.103 e. The highest BCUT2D eigenvalue weighted by Gasteiger charge is 2.17. The number of rotatable bonds is 4. The van der Waals surface area contributed by atoms with E-state index in [1.165, 1.54) is 38.5 Å². The smallest absolute Gasteiger partial charge is 0.0236 e. The van der Waals surface area contributed by atoms with Gasteiger partial charge in [-0.3, -0.25) is 0 Å². The van der Waals surface area contributed by atoms with Crippen LogP contribution in [0.5, 0.6) is 0 Å². The van der Waals surface area contributed by atoms with Gasteiger partial charge in [0.25, 0.3) is 0 Å². The Morgan fingerprint density at radius 1 is 1.08 bits per heavy atom. The molecular weight excluding hydrogens is 144 g/mol. The van der Waals surface area contributed by atoms with E-state index in [-0.39, 0.29) is 0 Å². The number of hydrogen-bond acceptors (Lipinski definition) is 0. The van der Waals surface area contributed by atoms with Crippen molar-refractivity contribution in [1.29, 1.82) is 0 Å². The molecule has 0 heterocycles. The van der Waals surface area contributed by atoms with E-state index in [1.807, 2.05) is 6.08 Å². The zero-order chi connectivity index (χ0) is 8.81. The molecule has 0 radical (unpaired) electrons. The molecule has 0 spiro atoms. The van der Waals surface area contributed by atoms with E-state index in [0.29, 0.717) is 0 Å². The van der Waals surface area contributed by atoms with E-state index in [9.17, 15) is 0 Å². The van der Waals surface area contributed by atoms with Gasteiger partial charge in [0.2, 0.25) is 0 Å². The first-order chi connectivity index (χ1) is 5.86. The summed E-state index contributed by atoms with van der Waals surface area (Å²) in [6.07, 6.45) is 12.3. The van der Waals surface area contributed by atoms with E-state index in [0.717, 1.165) is 11.8 Å². The average molecular weight is 164 g/mol. The molecule has 1 rings (SSSR count). The summed E-state index contributed by atoms with van der Waals surface area (Å²) in [5, 5.41) is 0. The van der Waals surface area contributed by atoms with Crippen molar-refractivity contribution in [3.05, 3.63) is 25.3 Å². The molecule has 1 fully saturated rings. The van der Waals surface area contributed by atoms with Crippen molar-refractivity contribution >= 4 is 0 Å². The van der Waals surface area contributed by atoms with Gasteiger partial charge in [0, 0.05) is 0 Å². The van der Waals surface area contributed by atoms with Gasteiger partial charge in [-0.15, -0.1) is 13.2 Å². The highest BCUT2D eigenvalue weighted by molar-refractivity contribution is 4.84. The molecule has 0 bridgehead atoms. The fourth-order valence-corrected chi connectivity index (χ4v) is 2.07. The summed E-state index contributed by atoms with van der Waals surface area (Å²) < 4.78 is 0. The summed E-state index contributed by atoms with van der Waals surface area (Å²) >= 11 is 0. The topological polar surface area (TPSA) is 0 Å². The predicted octanol–water partition coefficient (Wildman–Crippen LogP) is 3.95. The summed E-state index contributed by atoms with van der Waals surface area (Å²) in [4.78, 5) is 0. The van der Waals surface area contributed by atoms with Gasteiger partial charge in [0.1, 0.15) is 0 Å². The molecule has 0 amide bonds. The summed E-state index contributed by atoms with van der Waals surface area (Å²) in [5.41, 5.74) is 0. The highest BCUT2D eigenvalue weighted by atomic mass is 14.2. The van der Waals surface area contributed by atoms with Crippen LogP contribution in [-0.4, -0.2) is 0 Å². The van der Waals surface area contributed by atoms with Crippen LogP contribution in [0.2, 0.25) is 0 Å². The maximum atomic E-state index is 3.86. The fourth-order valence-electron chi connectivity index (χ4n) is 2.07. The van der Waals surface area contributed by atoms with Crippen molar-refractivity contribution in [2.45, 2.75) is 38.5 Å². The number of allylic oxidation sites excluding steroid dienone is 2. The second kappa shape index (κ2) is 5.18. The first-order valence-corrected chi connectivity index (χ1v) is 5.10. The second-order valence-corrected chi connectivity index (χ2v) is 3.88. The van der Waals surface area contributed by atoms with Crippen molar-refractivity contribution in [2.24, 2.45) is 11.8 Å². The zero-order valence-corrected chi connectivity index (χ0v) is 7.97. The molecule has 0 heteroatoms. The van der Waals surface area contributed by atoms with E-state index in [4.69, 9.17) is 0 Å². The maximum absolute atomic E-state index is 3.86. The molecule has 0 unspecified atom stereocenters. The molecule has 0 saturated heterocycles. The van der Waals surface area contributed by atoms with Crippen LogP contribution in [0.4, 0.5) is 0 Å². The summed E-state index contributed by atoms with van der Waals surface area (Å²) in [7, 11) is 0. The van der Waals surface area contributed by atoms with Crippen molar-refractivity contribution in [1.82, 2.24) is 0 Å².